The summed E-state index contributed by atoms with van der Waals surface area (Å²) < 4.78 is 6.79. The van der Waals surface area contributed by atoms with E-state index in [-0.39, 0.29) is 0 Å². The van der Waals surface area contributed by atoms with Crippen LogP contribution < -0.4 is 20.1 Å². The standard InChI is InChI=1S/C36H25NO/c1-4-23-17-18-31-29(20-23)27-15-10-16-28-33(27)35-34-30(19-21(2)37(31)35)26-14-9-8-13-25(26)22(3)32(34)36(28)38-24-11-6-5-7-12-24/h5-20H,2-4H2,1H3. The van der Waals surface area contributed by atoms with Crippen LogP contribution in [0.4, 0.5) is 11.4 Å². The molecule has 180 valence electrons. The maximum Gasteiger partial charge on any atom is 0.143 e. The lowest BCUT2D eigenvalue weighted by molar-refractivity contribution is 0.493. The number of ether oxygens (including phenoxy) is 1. The Balaban J connectivity index is 1.66. The van der Waals surface area contributed by atoms with Gasteiger partial charge in [0.1, 0.15) is 11.5 Å². The first-order valence-electron chi connectivity index (χ1n) is 13.1. The second-order valence-electron chi connectivity index (χ2n) is 10.2. The topological polar surface area (TPSA) is 12.5 Å². The van der Waals surface area contributed by atoms with E-state index in [1.165, 1.54) is 49.4 Å². The molecular formula is C36H25NO. The summed E-state index contributed by atoms with van der Waals surface area (Å²) in [4.78, 5) is 2.35. The molecule has 2 nitrogen and oxygen atoms in total. The van der Waals surface area contributed by atoms with Crippen LogP contribution in [-0.4, -0.2) is 0 Å². The van der Waals surface area contributed by atoms with Crippen LogP contribution in [0.1, 0.15) is 12.5 Å². The SMILES string of the molecule is C=C1C=c2c3ccccc3c(=C)c3c(Oc4ccccc4)c4cccc5c4c(c23)N1c1ccc(CC)cc1-5. The van der Waals surface area contributed by atoms with Gasteiger partial charge >= 0.3 is 0 Å². The highest BCUT2D eigenvalue weighted by Crippen LogP contribution is 2.55. The van der Waals surface area contributed by atoms with Crippen LogP contribution in [0.15, 0.2) is 103 Å². The zero-order valence-corrected chi connectivity index (χ0v) is 21.2. The number of aryl methyl sites for hydroxylation is 1. The predicted octanol–water partition coefficient (Wildman–Crippen LogP) is 8.34. The summed E-state index contributed by atoms with van der Waals surface area (Å²) in [6, 6.07) is 32.0. The molecule has 6 aromatic rings. The molecule has 0 spiro atoms. The minimum absolute atomic E-state index is 0.815. The number of hydrogen-bond donors (Lipinski definition) is 0. The molecule has 2 aliphatic rings. The summed E-state index contributed by atoms with van der Waals surface area (Å²) in [6.07, 6.45) is 3.23. The van der Waals surface area contributed by atoms with Crippen LogP contribution in [0.3, 0.4) is 0 Å². The van der Waals surface area contributed by atoms with Crippen molar-refractivity contribution in [2.24, 2.45) is 0 Å². The summed E-state index contributed by atoms with van der Waals surface area (Å²) in [7, 11) is 0. The smallest absolute Gasteiger partial charge is 0.143 e. The molecule has 0 aliphatic carbocycles. The van der Waals surface area contributed by atoms with E-state index in [9.17, 15) is 0 Å². The fourth-order valence-electron chi connectivity index (χ4n) is 6.46. The molecule has 0 amide bonds. The lowest BCUT2D eigenvalue weighted by atomic mass is 9.83. The Labute approximate surface area is 221 Å². The van der Waals surface area contributed by atoms with Crippen molar-refractivity contribution in [1.29, 1.82) is 0 Å². The third kappa shape index (κ3) is 2.67. The number of anilines is 2. The highest BCUT2D eigenvalue weighted by Gasteiger charge is 2.33. The van der Waals surface area contributed by atoms with Gasteiger partial charge in [0, 0.05) is 32.8 Å². The van der Waals surface area contributed by atoms with Crippen LogP contribution in [-0.2, 0) is 6.42 Å². The van der Waals surface area contributed by atoms with Crippen LogP contribution in [0.2, 0.25) is 0 Å². The Hall–Kier alpha value is -4.82. The molecule has 38 heavy (non-hydrogen) atoms. The van der Waals surface area contributed by atoms with Crippen molar-refractivity contribution in [2.45, 2.75) is 13.3 Å². The van der Waals surface area contributed by atoms with Crippen LogP contribution >= 0.6 is 0 Å². The van der Waals surface area contributed by atoms with Crippen molar-refractivity contribution in [3.8, 4) is 22.6 Å². The molecule has 0 atom stereocenters. The van der Waals surface area contributed by atoms with Crippen LogP contribution in [0, 0.1) is 0 Å². The van der Waals surface area contributed by atoms with E-state index in [1.54, 1.807) is 0 Å². The fraction of sp³-hybridized carbons (Fsp3) is 0.0556. The van der Waals surface area contributed by atoms with Gasteiger partial charge < -0.3 is 9.64 Å². The van der Waals surface area contributed by atoms with Gasteiger partial charge in [-0.2, -0.15) is 0 Å². The van der Waals surface area contributed by atoms with Gasteiger partial charge in [-0.15, -0.1) is 0 Å². The predicted molar refractivity (Wildman–Crippen MR) is 161 cm³/mol. The summed E-state index contributed by atoms with van der Waals surface area (Å²) in [6.45, 7) is 11.4. The quantitative estimate of drug-likeness (QED) is 0.233. The second-order valence-corrected chi connectivity index (χ2v) is 10.2. The highest BCUT2D eigenvalue weighted by molar-refractivity contribution is 6.27. The summed E-state index contributed by atoms with van der Waals surface area (Å²) in [5.41, 5.74) is 7.12. The lowest BCUT2D eigenvalue weighted by Gasteiger charge is -2.38. The molecule has 0 aromatic heterocycles. The van der Waals surface area contributed by atoms with E-state index < -0.39 is 0 Å². The summed E-state index contributed by atoms with van der Waals surface area (Å²) in [5, 5.41) is 9.03. The first-order valence-corrected chi connectivity index (χ1v) is 13.1. The normalized spacial score (nSPS) is 13.3. The molecule has 0 bridgehead atoms. The van der Waals surface area contributed by atoms with E-state index in [4.69, 9.17) is 4.74 Å². The first kappa shape index (κ1) is 21.3. The average Bonchev–Trinajstić information content (AvgIpc) is 2.96. The lowest BCUT2D eigenvalue weighted by Crippen LogP contribution is -2.28. The molecule has 0 saturated heterocycles. The number of rotatable bonds is 3. The van der Waals surface area contributed by atoms with E-state index in [2.05, 4.69) is 91.7 Å². The molecule has 0 fully saturated rings. The zero-order valence-electron chi connectivity index (χ0n) is 21.2. The molecule has 2 aliphatic heterocycles. The third-order valence-electron chi connectivity index (χ3n) is 8.16. The fourth-order valence-corrected chi connectivity index (χ4v) is 6.46. The zero-order chi connectivity index (χ0) is 25.5. The highest BCUT2D eigenvalue weighted by atomic mass is 16.5. The van der Waals surface area contributed by atoms with Crippen molar-refractivity contribution in [2.75, 3.05) is 4.90 Å². The number of benzene rings is 6. The Morgan fingerprint density at radius 3 is 2.29 bits per heavy atom. The molecule has 0 unspecified atom stereocenters. The van der Waals surface area contributed by atoms with E-state index in [1.807, 2.05) is 30.3 Å². The number of fused-ring (bicyclic) bond motifs is 5. The molecule has 2 heterocycles. The van der Waals surface area contributed by atoms with Crippen LogP contribution in [0.5, 0.6) is 11.5 Å². The Bertz CT molecular complexity index is 2120. The molecule has 0 saturated carbocycles. The molecule has 0 N–H and O–H groups in total. The monoisotopic (exact) mass is 487 g/mol. The van der Waals surface area contributed by atoms with Gasteiger partial charge in [-0.05, 0) is 69.1 Å². The Kier molecular flexibility index (Phi) is 4.25. The minimum atomic E-state index is 0.815. The van der Waals surface area contributed by atoms with Gasteiger partial charge in [-0.3, -0.25) is 0 Å². The second kappa shape index (κ2) is 7.60. The summed E-state index contributed by atoms with van der Waals surface area (Å²) >= 11 is 0. The molecule has 8 rings (SSSR count). The van der Waals surface area contributed by atoms with Gasteiger partial charge in [-0.1, -0.05) is 86.8 Å². The van der Waals surface area contributed by atoms with E-state index in [0.29, 0.717) is 0 Å². The van der Waals surface area contributed by atoms with Crippen molar-refractivity contribution >= 4 is 56.3 Å². The number of para-hydroxylation sites is 1. The molecule has 0 radical (unpaired) electrons. The van der Waals surface area contributed by atoms with E-state index >= 15 is 0 Å². The molecule has 2 heteroatoms. The Morgan fingerprint density at radius 2 is 1.47 bits per heavy atom. The van der Waals surface area contributed by atoms with Gasteiger partial charge in [0.25, 0.3) is 0 Å². The first-order chi connectivity index (χ1) is 18.7. The van der Waals surface area contributed by atoms with Crippen molar-refractivity contribution in [3.63, 3.8) is 0 Å². The summed E-state index contributed by atoms with van der Waals surface area (Å²) in [5.74, 6) is 1.68. The maximum absolute atomic E-state index is 6.79. The number of hydrogen-bond acceptors (Lipinski definition) is 2. The maximum atomic E-state index is 6.79. The number of nitrogens with zero attached hydrogens (tertiary/aromatic N) is 1. The van der Waals surface area contributed by atoms with Crippen molar-refractivity contribution in [1.82, 2.24) is 0 Å². The minimum Gasteiger partial charge on any atom is -0.456 e. The van der Waals surface area contributed by atoms with Crippen molar-refractivity contribution in [3.05, 3.63) is 119 Å². The van der Waals surface area contributed by atoms with E-state index in [0.717, 1.165) is 45.0 Å². The van der Waals surface area contributed by atoms with Gasteiger partial charge in [0.15, 0.2) is 0 Å². The largest absolute Gasteiger partial charge is 0.456 e. The Morgan fingerprint density at radius 1 is 0.711 bits per heavy atom. The third-order valence-corrected chi connectivity index (χ3v) is 8.16. The molecular weight excluding hydrogens is 462 g/mol. The van der Waals surface area contributed by atoms with Gasteiger partial charge in [0.05, 0.1) is 11.4 Å². The van der Waals surface area contributed by atoms with Gasteiger partial charge in [-0.25, -0.2) is 0 Å². The molecule has 6 aromatic carbocycles. The van der Waals surface area contributed by atoms with Crippen molar-refractivity contribution < 1.29 is 4.74 Å². The number of allylic oxidation sites excluding steroid dienone is 1. The van der Waals surface area contributed by atoms with Crippen LogP contribution in [0.25, 0.3) is 56.1 Å². The van der Waals surface area contributed by atoms with Gasteiger partial charge in [0.2, 0.25) is 0 Å². The average molecular weight is 488 g/mol.